The highest BCUT2D eigenvalue weighted by atomic mass is 15.3. The van der Waals surface area contributed by atoms with Crippen LogP contribution in [-0.4, -0.2) is 60.1 Å². The SMILES string of the molecule is CCNC1CC2CCC(C1)N2CC1CCCN1CC. The average Bonchev–Trinajstić information content (AvgIpc) is 2.94. The van der Waals surface area contributed by atoms with Crippen LogP contribution in [-0.2, 0) is 0 Å². The molecule has 3 saturated heterocycles. The molecule has 3 aliphatic heterocycles. The van der Waals surface area contributed by atoms with E-state index in [-0.39, 0.29) is 0 Å². The fourth-order valence-electron chi connectivity index (χ4n) is 4.79. The smallest absolute Gasteiger partial charge is 0.0223 e. The Hall–Kier alpha value is -0.120. The van der Waals surface area contributed by atoms with Crippen molar-refractivity contribution in [3.8, 4) is 0 Å². The van der Waals surface area contributed by atoms with Gasteiger partial charge in [0.05, 0.1) is 0 Å². The first-order valence-electron chi connectivity index (χ1n) is 8.55. The predicted octanol–water partition coefficient (Wildman–Crippen LogP) is 2.08. The average molecular weight is 265 g/mol. The fraction of sp³-hybridized carbons (Fsp3) is 1.00. The molecule has 3 heteroatoms. The number of nitrogens with zero attached hydrogens (tertiary/aromatic N) is 2. The van der Waals surface area contributed by atoms with Crippen molar-refractivity contribution in [3.63, 3.8) is 0 Å². The summed E-state index contributed by atoms with van der Waals surface area (Å²) in [4.78, 5) is 5.59. The zero-order valence-electron chi connectivity index (χ0n) is 12.8. The first-order valence-corrected chi connectivity index (χ1v) is 8.55. The lowest BCUT2D eigenvalue weighted by molar-refractivity contribution is 0.0846. The third kappa shape index (κ3) is 2.84. The summed E-state index contributed by atoms with van der Waals surface area (Å²) in [6, 6.07) is 3.40. The van der Waals surface area contributed by atoms with Crippen molar-refractivity contribution in [1.82, 2.24) is 15.1 Å². The van der Waals surface area contributed by atoms with Gasteiger partial charge in [0.25, 0.3) is 0 Å². The minimum atomic E-state index is 0.796. The summed E-state index contributed by atoms with van der Waals surface area (Å²) in [6.07, 6.45) is 8.53. The fourth-order valence-corrected chi connectivity index (χ4v) is 4.79. The molecule has 3 atom stereocenters. The molecule has 0 aromatic heterocycles. The van der Waals surface area contributed by atoms with E-state index in [0.717, 1.165) is 30.7 Å². The van der Waals surface area contributed by atoms with Gasteiger partial charge in [-0.2, -0.15) is 0 Å². The summed E-state index contributed by atoms with van der Waals surface area (Å²) in [7, 11) is 0. The first kappa shape index (κ1) is 13.8. The molecule has 0 saturated carbocycles. The second-order valence-electron chi connectivity index (χ2n) is 6.73. The van der Waals surface area contributed by atoms with E-state index in [1.807, 2.05) is 0 Å². The summed E-state index contributed by atoms with van der Waals surface area (Å²) in [5.41, 5.74) is 0. The number of piperidine rings is 1. The Morgan fingerprint density at radius 2 is 1.79 bits per heavy atom. The van der Waals surface area contributed by atoms with Gasteiger partial charge in [-0.1, -0.05) is 13.8 Å². The van der Waals surface area contributed by atoms with E-state index in [9.17, 15) is 0 Å². The van der Waals surface area contributed by atoms with E-state index in [0.29, 0.717) is 0 Å². The van der Waals surface area contributed by atoms with Crippen LogP contribution in [0.25, 0.3) is 0 Å². The number of hydrogen-bond acceptors (Lipinski definition) is 3. The van der Waals surface area contributed by atoms with Gasteiger partial charge in [0.1, 0.15) is 0 Å². The molecule has 0 aliphatic carbocycles. The maximum absolute atomic E-state index is 3.68. The zero-order chi connectivity index (χ0) is 13.2. The molecule has 2 bridgehead atoms. The molecular weight excluding hydrogens is 234 g/mol. The van der Waals surface area contributed by atoms with Gasteiger partial charge >= 0.3 is 0 Å². The standard InChI is InChI=1S/C16H31N3/c1-3-17-13-10-14-7-8-15(11-13)19(14)12-16-6-5-9-18(16)4-2/h13-17H,3-12H2,1-2H3. The van der Waals surface area contributed by atoms with Gasteiger partial charge in [-0.05, 0) is 58.2 Å². The maximum atomic E-state index is 3.68. The van der Waals surface area contributed by atoms with Crippen LogP contribution in [0.5, 0.6) is 0 Å². The van der Waals surface area contributed by atoms with E-state index in [2.05, 4.69) is 29.0 Å². The number of likely N-dealkylation sites (N-methyl/N-ethyl adjacent to an activating group) is 1. The Bertz CT molecular complexity index is 280. The van der Waals surface area contributed by atoms with Crippen molar-refractivity contribution >= 4 is 0 Å². The molecule has 3 aliphatic rings. The molecular formula is C16H31N3. The van der Waals surface area contributed by atoms with Crippen LogP contribution in [0, 0.1) is 0 Å². The largest absolute Gasteiger partial charge is 0.314 e. The maximum Gasteiger partial charge on any atom is 0.0223 e. The molecule has 0 spiro atoms. The molecule has 0 radical (unpaired) electrons. The van der Waals surface area contributed by atoms with Gasteiger partial charge in [0.2, 0.25) is 0 Å². The second-order valence-corrected chi connectivity index (χ2v) is 6.73. The van der Waals surface area contributed by atoms with Crippen molar-refractivity contribution in [2.24, 2.45) is 0 Å². The van der Waals surface area contributed by atoms with Crippen LogP contribution in [0.1, 0.15) is 52.4 Å². The Labute approximate surface area is 118 Å². The lowest BCUT2D eigenvalue weighted by Gasteiger charge is -2.41. The summed E-state index contributed by atoms with van der Waals surface area (Å²) in [6.45, 7) is 9.63. The van der Waals surface area contributed by atoms with E-state index in [4.69, 9.17) is 0 Å². The third-order valence-electron chi connectivity index (χ3n) is 5.70. The van der Waals surface area contributed by atoms with Gasteiger partial charge in [-0.15, -0.1) is 0 Å². The van der Waals surface area contributed by atoms with Crippen molar-refractivity contribution in [1.29, 1.82) is 0 Å². The molecule has 0 aromatic carbocycles. The summed E-state index contributed by atoms with van der Waals surface area (Å²) in [5, 5.41) is 3.68. The Morgan fingerprint density at radius 1 is 1.05 bits per heavy atom. The predicted molar refractivity (Wildman–Crippen MR) is 80.5 cm³/mol. The summed E-state index contributed by atoms with van der Waals surface area (Å²) in [5.74, 6) is 0. The topological polar surface area (TPSA) is 18.5 Å². The highest BCUT2D eigenvalue weighted by Crippen LogP contribution is 2.36. The Kier molecular flexibility index (Phi) is 4.45. The van der Waals surface area contributed by atoms with Crippen molar-refractivity contribution < 1.29 is 0 Å². The molecule has 3 fully saturated rings. The van der Waals surface area contributed by atoms with Crippen molar-refractivity contribution in [2.45, 2.75) is 76.5 Å². The quantitative estimate of drug-likeness (QED) is 0.821. The molecule has 3 nitrogen and oxygen atoms in total. The zero-order valence-corrected chi connectivity index (χ0v) is 12.8. The highest BCUT2D eigenvalue weighted by Gasteiger charge is 2.41. The van der Waals surface area contributed by atoms with E-state index < -0.39 is 0 Å². The second kappa shape index (κ2) is 6.11. The molecule has 1 N–H and O–H groups in total. The molecule has 3 unspecified atom stereocenters. The van der Waals surface area contributed by atoms with Gasteiger partial charge in [0, 0.05) is 30.7 Å². The third-order valence-corrected chi connectivity index (χ3v) is 5.70. The minimum absolute atomic E-state index is 0.796. The summed E-state index contributed by atoms with van der Waals surface area (Å²) >= 11 is 0. The monoisotopic (exact) mass is 265 g/mol. The number of likely N-dealkylation sites (tertiary alicyclic amines) is 1. The Balaban J connectivity index is 1.58. The minimum Gasteiger partial charge on any atom is -0.314 e. The van der Waals surface area contributed by atoms with Crippen molar-refractivity contribution in [3.05, 3.63) is 0 Å². The lowest BCUT2D eigenvalue weighted by atomic mass is 9.96. The van der Waals surface area contributed by atoms with E-state index >= 15 is 0 Å². The van der Waals surface area contributed by atoms with Crippen LogP contribution in [0.2, 0.25) is 0 Å². The van der Waals surface area contributed by atoms with Crippen LogP contribution in [0.15, 0.2) is 0 Å². The van der Waals surface area contributed by atoms with Gasteiger partial charge < -0.3 is 5.32 Å². The molecule has 0 aromatic rings. The van der Waals surface area contributed by atoms with Gasteiger partial charge in [-0.25, -0.2) is 0 Å². The molecule has 0 amide bonds. The number of nitrogens with one attached hydrogen (secondary N) is 1. The van der Waals surface area contributed by atoms with Crippen LogP contribution < -0.4 is 5.32 Å². The van der Waals surface area contributed by atoms with Crippen molar-refractivity contribution in [2.75, 3.05) is 26.2 Å². The first-order chi connectivity index (χ1) is 9.31. The molecule has 3 heterocycles. The molecule has 19 heavy (non-hydrogen) atoms. The van der Waals surface area contributed by atoms with Crippen LogP contribution >= 0.6 is 0 Å². The highest BCUT2D eigenvalue weighted by molar-refractivity contribution is 4.99. The van der Waals surface area contributed by atoms with Crippen LogP contribution in [0.4, 0.5) is 0 Å². The Morgan fingerprint density at radius 3 is 2.42 bits per heavy atom. The number of fused-ring (bicyclic) bond motifs is 2. The lowest BCUT2D eigenvalue weighted by Crippen LogP contribution is -2.52. The van der Waals surface area contributed by atoms with Gasteiger partial charge in [-0.3, -0.25) is 9.80 Å². The number of rotatable bonds is 5. The van der Waals surface area contributed by atoms with Crippen LogP contribution in [0.3, 0.4) is 0 Å². The molecule has 110 valence electrons. The van der Waals surface area contributed by atoms with Gasteiger partial charge in [0.15, 0.2) is 0 Å². The molecule has 3 rings (SSSR count). The number of hydrogen-bond donors (Lipinski definition) is 1. The van der Waals surface area contributed by atoms with E-state index in [1.165, 1.54) is 58.2 Å². The van der Waals surface area contributed by atoms with E-state index in [1.54, 1.807) is 0 Å². The normalized spacial score (nSPS) is 40.1. The summed E-state index contributed by atoms with van der Waals surface area (Å²) < 4.78 is 0.